The zero-order valence-electron chi connectivity index (χ0n) is 14.5. The zero-order chi connectivity index (χ0) is 17.6. The van der Waals surface area contributed by atoms with Gasteiger partial charge in [-0.1, -0.05) is 12.1 Å². The van der Waals surface area contributed by atoms with Crippen LogP contribution in [0.25, 0.3) is 0 Å². The van der Waals surface area contributed by atoms with Gasteiger partial charge < -0.3 is 37.9 Å². The number of hydrogen-bond acceptors (Lipinski definition) is 8. The van der Waals surface area contributed by atoms with Crippen LogP contribution in [-0.4, -0.2) is 71.5 Å². The number of hydrogen-bond donors (Lipinski definition) is 0. The van der Waals surface area contributed by atoms with Crippen molar-refractivity contribution in [1.82, 2.24) is 0 Å². The first-order chi connectivity index (χ1) is 12.9. The summed E-state index contributed by atoms with van der Waals surface area (Å²) in [5, 5.41) is 0. The first-order valence-corrected chi connectivity index (χ1v) is 8.83. The first-order valence-electron chi connectivity index (χ1n) is 8.83. The molecule has 0 spiro atoms. The quantitative estimate of drug-likeness (QED) is 0.328. The highest BCUT2D eigenvalue weighted by atomic mass is 16.7. The van der Waals surface area contributed by atoms with Gasteiger partial charge in [-0.2, -0.15) is 0 Å². The lowest BCUT2D eigenvalue weighted by Gasteiger charge is -2.29. The van der Waals surface area contributed by atoms with E-state index in [1.54, 1.807) is 0 Å². The average molecular weight is 368 g/mol. The second-order valence-corrected chi connectivity index (χ2v) is 6.39. The second-order valence-electron chi connectivity index (χ2n) is 6.39. The van der Waals surface area contributed by atoms with Crippen molar-refractivity contribution in [3.63, 3.8) is 0 Å². The molecule has 2 atom stereocenters. The fourth-order valence-electron chi connectivity index (χ4n) is 2.44. The number of ether oxygens (including phenoxy) is 8. The van der Waals surface area contributed by atoms with Gasteiger partial charge in [-0.15, -0.1) is 0 Å². The van der Waals surface area contributed by atoms with Gasteiger partial charge in [0.15, 0.2) is 13.1 Å². The van der Waals surface area contributed by atoms with E-state index >= 15 is 0 Å². The second kappa shape index (κ2) is 9.09. The van der Waals surface area contributed by atoms with E-state index < -0.39 is 6.29 Å². The fraction of sp³-hybridized carbons (Fsp3) is 0.667. The highest BCUT2D eigenvalue weighted by Crippen LogP contribution is 2.25. The average Bonchev–Trinajstić information content (AvgIpc) is 3.59. The minimum absolute atomic E-state index is 0.124. The van der Waals surface area contributed by atoms with Crippen LogP contribution in [-0.2, 0) is 33.2 Å². The van der Waals surface area contributed by atoms with Gasteiger partial charge in [0, 0.05) is 5.56 Å². The van der Waals surface area contributed by atoms with Crippen LogP contribution in [0.1, 0.15) is 11.9 Å². The number of benzene rings is 1. The summed E-state index contributed by atoms with van der Waals surface area (Å²) in [6, 6.07) is 7.58. The molecule has 3 fully saturated rings. The molecular weight excluding hydrogens is 344 g/mol. The molecule has 4 rings (SSSR count). The van der Waals surface area contributed by atoms with E-state index in [2.05, 4.69) is 0 Å². The van der Waals surface area contributed by atoms with Gasteiger partial charge in [0.1, 0.15) is 30.9 Å². The van der Waals surface area contributed by atoms with Crippen LogP contribution >= 0.6 is 0 Å². The van der Waals surface area contributed by atoms with E-state index in [9.17, 15) is 0 Å². The smallest absolute Gasteiger partial charge is 0.189 e. The summed E-state index contributed by atoms with van der Waals surface area (Å²) in [4.78, 5) is 0. The Morgan fingerprint density at radius 3 is 2.00 bits per heavy atom. The van der Waals surface area contributed by atoms with Crippen molar-refractivity contribution in [1.29, 1.82) is 0 Å². The Kier molecular flexibility index (Phi) is 6.34. The van der Waals surface area contributed by atoms with Crippen LogP contribution < -0.4 is 4.74 Å². The maximum absolute atomic E-state index is 5.73. The molecule has 0 saturated carbocycles. The molecule has 3 aliphatic heterocycles. The van der Waals surface area contributed by atoms with E-state index in [0.717, 1.165) is 24.5 Å². The Labute approximate surface area is 152 Å². The minimum atomic E-state index is -0.395. The molecule has 26 heavy (non-hydrogen) atoms. The van der Waals surface area contributed by atoms with Crippen molar-refractivity contribution in [3.05, 3.63) is 29.8 Å². The van der Waals surface area contributed by atoms with Gasteiger partial charge >= 0.3 is 0 Å². The third kappa shape index (κ3) is 5.88. The maximum atomic E-state index is 5.73. The van der Waals surface area contributed by atoms with Crippen LogP contribution in [0.3, 0.4) is 0 Å². The normalized spacial score (nSPS) is 30.2. The SMILES string of the molecule is c1cc(C2OCC(OCOCC3CO3)CO2)ccc1OCOCC1CO1. The molecule has 1 aromatic carbocycles. The van der Waals surface area contributed by atoms with Gasteiger partial charge in [-0.25, -0.2) is 0 Å². The highest BCUT2D eigenvalue weighted by Gasteiger charge is 2.25. The predicted molar refractivity (Wildman–Crippen MR) is 87.7 cm³/mol. The summed E-state index contributed by atoms with van der Waals surface area (Å²) in [6.07, 6.45) is -0.0322. The van der Waals surface area contributed by atoms with Crippen LogP contribution in [0.15, 0.2) is 24.3 Å². The van der Waals surface area contributed by atoms with E-state index in [0.29, 0.717) is 26.4 Å². The van der Waals surface area contributed by atoms with Gasteiger partial charge in [-0.05, 0) is 12.1 Å². The monoisotopic (exact) mass is 368 g/mol. The summed E-state index contributed by atoms with van der Waals surface area (Å²) in [5.41, 5.74) is 0.935. The van der Waals surface area contributed by atoms with E-state index in [1.165, 1.54) is 0 Å². The van der Waals surface area contributed by atoms with Crippen molar-refractivity contribution >= 4 is 0 Å². The fourth-order valence-corrected chi connectivity index (χ4v) is 2.44. The molecule has 0 aliphatic carbocycles. The lowest BCUT2D eigenvalue weighted by atomic mass is 10.2. The summed E-state index contributed by atoms with van der Waals surface area (Å²) < 4.78 is 43.4. The minimum Gasteiger partial charge on any atom is -0.468 e. The van der Waals surface area contributed by atoms with Crippen molar-refractivity contribution in [2.75, 3.05) is 53.2 Å². The number of rotatable bonds is 11. The molecule has 3 heterocycles. The van der Waals surface area contributed by atoms with Crippen LogP contribution in [0.5, 0.6) is 5.75 Å². The molecule has 2 unspecified atom stereocenters. The Morgan fingerprint density at radius 1 is 0.769 bits per heavy atom. The summed E-state index contributed by atoms with van der Waals surface area (Å²) >= 11 is 0. The molecular formula is C18H24O8. The Balaban J connectivity index is 1.11. The van der Waals surface area contributed by atoms with Crippen LogP contribution in [0.4, 0.5) is 0 Å². The molecule has 8 heteroatoms. The van der Waals surface area contributed by atoms with E-state index in [-0.39, 0.29) is 31.9 Å². The van der Waals surface area contributed by atoms with Crippen molar-refractivity contribution in [2.45, 2.75) is 24.6 Å². The van der Waals surface area contributed by atoms with E-state index in [4.69, 9.17) is 37.9 Å². The zero-order valence-corrected chi connectivity index (χ0v) is 14.5. The van der Waals surface area contributed by atoms with Crippen molar-refractivity contribution in [3.8, 4) is 5.75 Å². The number of epoxide rings is 2. The molecule has 3 saturated heterocycles. The highest BCUT2D eigenvalue weighted by molar-refractivity contribution is 5.28. The van der Waals surface area contributed by atoms with Gasteiger partial charge in [0.05, 0.1) is 39.6 Å². The third-order valence-electron chi connectivity index (χ3n) is 4.13. The van der Waals surface area contributed by atoms with E-state index in [1.807, 2.05) is 24.3 Å². The molecule has 0 bridgehead atoms. The lowest BCUT2D eigenvalue weighted by Crippen LogP contribution is -2.34. The van der Waals surface area contributed by atoms with Crippen molar-refractivity contribution < 1.29 is 37.9 Å². The Bertz CT molecular complexity index is 535. The van der Waals surface area contributed by atoms with Crippen molar-refractivity contribution in [2.24, 2.45) is 0 Å². The molecule has 0 N–H and O–H groups in total. The third-order valence-corrected chi connectivity index (χ3v) is 4.13. The molecule has 1 aromatic rings. The standard InChI is InChI=1S/C18H24O8/c1-3-14(25-11-19-5-15-7-21-15)4-2-13(1)18-23-9-17(10-24-18)26-12-20-6-16-8-22-16/h1-4,15-18H,5-12H2. The predicted octanol–water partition coefficient (Wildman–Crippen LogP) is 1.24. The Hall–Kier alpha value is -1.26. The topological polar surface area (TPSA) is 80.4 Å². The molecule has 3 aliphatic rings. The van der Waals surface area contributed by atoms with Crippen LogP contribution in [0, 0.1) is 0 Å². The Morgan fingerprint density at radius 2 is 1.38 bits per heavy atom. The molecule has 144 valence electrons. The summed E-state index contributed by atoms with van der Waals surface area (Å²) in [6.45, 7) is 4.07. The molecule has 8 nitrogen and oxygen atoms in total. The van der Waals surface area contributed by atoms with Gasteiger partial charge in [-0.3, -0.25) is 0 Å². The van der Waals surface area contributed by atoms with Gasteiger partial charge in [0.25, 0.3) is 0 Å². The summed E-state index contributed by atoms with van der Waals surface area (Å²) in [7, 11) is 0. The summed E-state index contributed by atoms with van der Waals surface area (Å²) in [5.74, 6) is 0.735. The molecule has 0 radical (unpaired) electrons. The first kappa shape index (κ1) is 18.1. The van der Waals surface area contributed by atoms with Crippen LogP contribution in [0.2, 0.25) is 0 Å². The molecule has 0 aromatic heterocycles. The largest absolute Gasteiger partial charge is 0.468 e. The van der Waals surface area contributed by atoms with Gasteiger partial charge in [0.2, 0.25) is 0 Å². The lowest BCUT2D eigenvalue weighted by molar-refractivity contribution is -0.244. The molecule has 0 amide bonds. The maximum Gasteiger partial charge on any atom is 0.189 e.